The lowest BCUT2D eigenvalue weighted by Crippen LogP contribution is -2.74. The highest BCUT2D eigenvalue weighted by Crippen LogP contribution is 2.43. The first-order chi connectivity index (χ1) is 34.2. The van der Waals surface area contributed by atoms with Gasteiger partial charge in [-0.2, -0.15) is 0 Å². The summed E-state index contributed by atoms with van der Waals surface area (Å²) >= 11 is 1.83. The van der Waals surface area contributed by atoms with Crippen molar-refractivity contribution in [2.75, 3.05) is 0 Å². The van der Waals surface area contributed by atoms with E-state index in [9.17, 15) is 0 Å². The quantitative estimate of drug-likeness (QED) is 0.107. The molecule has 0 aliphatic rings. The molecule has 3 heterocycles. The largest absolute Gasteiger partial charge is 0.309 e. The number of nitrogens with zero attached hydrogens (tertiary/aromatic N) is 4. The van der Waals surface area contributed by atoms with Gasteiger partial charge in [-0.1, -0.05) is 218 Å². The molecular formula is C63H42N4SSi. The van der Waals surface area contributed by atoms with Gasteiger partial charge in [0.1, 0.15) is 0 Å². The molecule has 69 heavy (non-hydrogen) atoms. The van der Waals surface area contributed by atoms with Gasteiger partial charge in [0.25, 0.3) is 0 Å². The Bertz CT molecular complexity index is 3880. The van der Waals surface area contributed by atoms with Gasteiger partial charge in [0.05, 0.1) is 11.0 Å². The third kappa shape index (κ3) is 6.83. The number of benzene rings is 10. The number of aromatic nitrogens is 4. The third-order valence-electron chi connectivity index (χ3n) is 13.6. The van der Waals surface area contributed by atoms with E-state index in [1.807, 2.05) is 11.3 Å². The van der Waals surface area contributed by atoms with E-state index in [-0.39, 0.29) is 0 Å². The molecule has 0 saturated heterocycles. The second-order valence-corrected chi connectivity index (χ2v) is 22.4. The fraction of sp³-hybridized carbons (Fsp3) is 0. The Morgan fingerprint density at radius 2 is 0.768 bits per heavy atom. The summed E-state index contributed by atoms with van der Waals surface area (Å²) in [6.45, 7) is 0. The first-order valence-electron chi connectivity index (χ1n) is 23.3. The zero-order chi connectivity index (χ0) is 45.7. The smallest absolute Gasteiger partial charge is 0.179 e. The van der Waals surface area contributed by atoms with Crippen molar-refractivity contribution in [3.8, 4) is 51.0 Å². The Kier molecular flexibility index (Phi) is 10.00. The fourth-order valence-electron chi connectivity index (χ4n) is 10.6. The molecule has 0 aliphatic carbocycles. The number of hydrogen-bond acceptors (Lipinski definition) is 4. The molecule has 4 nitrogen and oxygen atoms in total. The van der Waals surface area contributed by atoms with E-state index in [0.29, 0.717) is 17.5 Å². The van der Waals surface area contributed by atoms with Crippen molar-refractivity contribution < 1.29 is 0 Å². The SMILES string of the molecule is c1ccc([Si](c2ccccc2)(c2ccccc2)c2cccc(-c3nc(-c4cccc(-n5c6ccccc6c6ccccc65)c4)nc(-c4ccccc4-c4cccc5sc6ccccc6c45)n3)c2)cc1. The van der Waals surface area contributed by atoms with E-state index < -0.39 is 8.07 Å². The van der Waals surface area contributed by atoms with Crippen LogP contribution >= 0.6 is 11.3 Å². The highest BCUT2D eigenvalue weighted by atomic mass is 32.1. The van der Waals surface area contributed by atoms with E-state index in [0.717, 1.165) is 44.5 Å². The van der Waals surface area contributed by atoms with Crippen molar-refractivity contribution in [1.29, 1.82) is 0 Å². The van der Waals surface area contributed by atoms with Gasteiger partial charge in [-0.3, -0.25) is 0 Å². The molecular weight excluding hydrogens is 873 g/mol. The van der Waals surface area contributed by atoms with Crippen LogP contribution in [-0.4, -0.2) is 27.6 Å². The van der Waals surface area contributed by atoms with Crippen molar-refractivity contribution in [3.05, 3.63) is 255 Å². The van der Waals surface area contributed by atoms with Crippen LogP contribution in [0.25, 0.3) is 93.0 Å². The van der Waals surface area contributed by atoms with Crippen LogP contribution in [0.1, 0.15) is 0 Å². The van der Waals surface area contributed by atoms with Crippen LogP contribution < -0.4 is 20.7 Å². The third-order valence-corrected chi connectivity index (χ3v) is 19.5. The predicted molar refractivity (Wildman–Crippen MR) is 292 cm³/mol. The molecule has 0 spiro atoms. The molecule has 0 amide bonds. The van der Waals surface area contributed by atoms with Crippen molar-refractivity contribution >= 4 is 82.1 Å². The zero-order valence-electron chi connectivity index (χ0n) is 37.4. The molecule has 0 atom stereocenters. The number of hydrogen-bond donors (Lipinski definition) is 0. The van der Waals surface area contributed by atoms with Crippen LogP contribution in [0.5, 0.6) is 0 Å². The molecule has 0 radical (unpaired) electrons. The Balaban J connectivity index is 1.05. The molecule has 0 bridgehead atoms. The van der Waals surface area contributed by atoms with Crippen LogP contribution in [0.3, 0.4) is 0 Å². The molecule has 0 unspecified atom stereocenters. The van der Waals surface area contributed by atoms with Gasteiger partial charge in [-0.15, -0.1) is 11.3 Å². The van der Waals surface area contributed by atoms with Crippen LogP contribution in [0, 0.1) is 0 Å². The van der Waals surface area contributed by atoms with Crippen LogP contribution in [-0.2, 0) is 0 Å². The number of thiophene rings is 1. The van der Waals surface area contributed by atoms with Crippen molar-refractivity contribution in [2.24, 2.45) is 0 Å². The summed E-state index contributed by atoms with van der Waals surface area (Å²) in [5.74, 6) is 1.84. The van der Waals surface area contributed by atoms with E-state index >= 15 is 0 Å². The zero-order valence-corrected chi connectivity index (χ0v) is 39.3. The molecule has 13 aromatic rings. The molecule has 324 valence electrons. The summed E-state index contributed by atoms with van der Waals surface area (Å²) in [4.78, 5) is 16.4. The maximum absolute atomic E-state index is 5.50. The van der Waals surface area contributed by atoms with E-state index in [2.05, 4.69) is 259 Å². The summed E-state index contributed by atoms with van der Waals surface area (Å²) < 4.78 is 4.87. The molecule has 0 aliphatic heterocycles. The minimum Gasteiger partial charge on any atom is -0.309 e. The van der Waals surface area contributed by atoms with Crippen LogP contribution in [0.4, 0.5) is 0 Å². The number of para-hydroxylation sites is 2. The van der Waals surface area contributed by atoms with E-state index in [4.69, 9.17) is 15.0 Å². The Morgan fingerprint density at radius 3 is 1.41 bits per heavy atom. The molecule has 0 fully saturated rings. The molecule has 13 rings (SSSR count). The Hall–Kier alpha value is -8.55. The van der Waals surface area contributed by atoms with Gasteiger partial charge in [0.15, 0.2) is 25.5 Å². The topological polar surface area (TPSA) is 43.6 Å². The monoisotopic (exact) mass is 914 g/mol. The molecule has 6 heteroatoms. The summed E-state index contributed by atoms with van der Waals surface area (Å²) in [5.41, 5.74) is 8.35. The summed E-state index contributed by atoms with van der Waals surface area (Å²) in [5, 5.41) is 10.1. The maximum atomic E-state index is 5.50. The van der Waals surface area contributed by atoms with Gasteiger partial charge >= 0.3 is 0 Å². The summed E-state index contributed by atoms with van der Waals surface area (Å²) in [6, 6.07) is 92.0. The predicted octanol–water partition coefficient (Wildman–Crippen LogP) is 13.4. The minimum atomic E-state index is -2.87. The van der Waals surface area contributed by atoms with Gasteiger partial charge < -0.3 is 4.57 Å². The Morgan fingerprint density at radius 1 is 0.319 bits per heavy atom. The standard InChI is InChI=1S/C63H42N4SSi/c1-4-24-46(25-5-1)69(47-26-6-2-7-27-47,48-28-8-3-9-29-48)49-30-19-22-44(42-49)62-64-61(43-21-18-23-45(41-43)67-56-37-15-12-32-51(56)52-33-13-16-38-57(52)67)65-63(66-62)54-34-11-10-31-50(54)53-36-20-40-59-60(53)55-35-14-17-39-58(55)68-59/h1-42H. The fourth-order valence-corrected chi connectivity index (χ4v) is 16.5. The first kappa shape index (κ1) is 40.7. The average molecular weight is 915 g/mol. The highest BCUT2D eigenvalue weighted by Gasteiger charge is 2.41. The second-order valence-electron chi connectivity index (χ2n) is 17.5. The molecule has 10 aromatic carbocycles. The first-order valence-corrected chi connectivity index (χ1v) is 26.2. The van der Waals surface area contributed by atoms with Gasteiger partial charge in [-0.05, 0) is 68.3 Å². The summed E-state index contributed by atoms with van der Waals surface area (Å²) in [6.07, 6.45) is 0. The number of fused-ring (bicyclic) bond motifs is 6. The van der Waals surface area contributed by atoms with Crippen LogP contribution in [0.2, 0.25) is 0 Å². The summed E-state index contributed by atoms with van der Waals surface area (Å²) in [7, 11) is -2.87. The second kappa shape index (κ2) is 17.0. The average Bonchev–Trinajstić information content (AvgIpc) is 3.98. The normalized spacial score (nSPS) is 11.8. The van der Waals surface area contributed by atoms with Crippen molar-refractivity contribution in [1.82, 2.24) is 19.5 Å². The van der Waals surface area contributed by atoms with Gasteiger partial charge in [0, 0.05) is 53.3 Å². The van der Waals surface area contributed by atoms with Gasteiger partial charge in [0.2, 0.25) is 0 Å². The van der Waals surface area contributed by atoms with Crippen LogP contribution in [0.15, 0.2) is 255 Å². The van der Waals surface area contributed by atoms with Gasteiger partial charge in [-0.25, -0.2) is 15.0 Å². The van der Waals surface area contributed by atoms with E-state index in [1.165, 1.54) is 51.7 Å². The molecule has 0 saturated carbocycles. The minimum absolute atomic E-state index is 0.606. The van der Waals surface area contributed by atoms with Crippen molar-refractivity contribution in [3.63, 3.8) is 0 Å². The number of rotatable bonds is 9. The van der Waals surface area contributed by atoms with Crippen molar-refractivity contribution in [2.45, 2.75) is 0 Å². The van der Waals surface area contributed by atoms with E-state index in [1.54, 1.807) is 0 Å². The maximum Gasteiger partial charge on any atom is 0.179 e. The highest BCUT2D eigenvalue weighted by molar-refractivity contribution is 7.26. The lowest BCUT2D eigenvalue weighted by atomic mass is 9.95. The molecule has 3 aromatic heterocycles. The Labute approximate surface area is 405 Å². The lowest BCUT2D eigenvalue weighted by Gasteiger charge is -2.34. The lowest BCUT2D eigenvalue weighted by molar-refractivity contribution is 1.07. The molecule has 0 N–H and O–H groups in total.